The minimum Gasteiger partial charge on any atom is -0.454 e. The van der Waals surface area contributed by atoms with Crippen molar-refractivity contribution in [1.82, 2.24) is 0 Å². The third kappa shape index (κ3) is 2.55. The fourth-order valence-corrected chi connectivity index (χ4v) is 1.83. The first kappa shape index (κ1) is 11.0. The number of rotatable bonds is 3. The van der Waals surface area contributed by atoms with E-state index >= 15 is 0 Å². The zero-order valence-corrected chi connectivity index (χ0v) is 10.6. The van der Waals surface area contributed by atoms with Crippen LogP contribution in [0.1, 0.15) is 11.3 Å². The standard InChI is InChI=1S/C12H9IN2O/c13-12-6-5-10(16-12)8-15-11-4-2-1-3-9(11)7-14/h1-6,15H,8H2. The van der Waals surface area contributed by atoms with E-state index in [1.807, 2.05) is 30.3 Å². The summed E-state index contributed by atoms with van der Waals surface area (Å²) in [6, 6.07) is 13.4. The number of nitriles is 1. The lowest BCUT2D eigenvalue weighted by Gasteiger charge is -2.05. The fourth-order valence-electron chi connectivity index (χ4n) is 1.36. The Labute approximate surface area is 107 Å². The van der Waals surface area contributed by atoms with Crippen LogP contribution in [0.2, 0.25) is 0 Å². The first-order chi connectivity index (χ1) is 7.79. The van der Waals surface area contributed by atoms with Crippen LogP contribution in [-0.2, 0) is 6.54 Å². The van der Waals surface area contributed by atoms with Crippen molar-refractivity contribution >= 4 is 28.3 Å². The fraction of sp³-hybridized carbons (Fsp3) is 0.0833. The summed E-state index contributed by atoms with van der Waals surface area (Å²) >= 11 is 2.12. The molecule has 0 unspecified atom stereocenters. The second-order valence-electron chi connectivity index (χ2n) is 3.22. The van der Waals surface area contributed by atoms with E-state index in [2.05, 4.69) is 34.0 Å². The zero-order chi connectivity index (χ0) is 11.4. The van der Waals surface area contributed by atoms with Crippen molar-refractivity contribution in [2.75, 3.05) is 5.32 Å². The maximum absolute atomic E-state index is 8.91. The van der Waals surface area contributed by atoms with E-state index in [4.69, 9.17) is 9.68 Å². The number of hydrogen-bond acceptors (Lipinski definition) is 3. The highest BCUT2D eigenvalue weighted by molar-refractivity contribution is 14.1. The molecule has 1 aromatic carbocycles. The molecule has 0 bridgehead atoms. The second-order valence-corrected chi connectivity index (χ2v) is 4.28. The van der Waals surface area contributed by atoms with Gasteiger partial charge in [-0.05, 0) is 46.9 Å². The SMILES string of the molecule is N#Cc1ccccc1NCc1ccc(I)o1. The van der Waals surface area contributed by atoms with Crippen molar-refractivity contribution in [2.24, 2.45) is 0 Å². The van der Waals surface area contributed by atoms with E-state index in [0.717, 1.165) is 15.2 Å². The molecule has 2 aromatic rings. The van der Waals surface area contributed by atoms with Crippen molar-refractivity contribution in [3.05, 3.63) is 51.5 Å². The van der Waals surface area contributed by atoms with Gasteiger partial charge in [-0.1, -0.05) is 12.1 Å². The van der Waals surface area contributed by atoms with Gasteiger partial charge in [0, 0.05) is 0 Å². The number of nitrogens with one attached hydrogen (secondary N) is 1. The molecule has 3 nitrogen and oxygen atoms in total. The molecule has 0 spiro atoms. The number of halogens is 1. The van der Waals surface area contributed by atoms with E-state index < -0.39 is 0 Å². The van der Waals surface area contributed by atoms with Crippen LogP contribution >= 0.6 is 22.6 Å². The van der Waals surface area contributed by atoms with Gasteiger partial charge in [-0.15, -0.1) is 0 Å². The molecule has 0 amide bonds. The largest absolute Gasteiger partial charge is 0.454 e. The molecular weight excluding hydrogens is 315 g/mol. The molecule has 0 saturated carbocycles. The smallest absolute Gasteiger partial charge is 0.164 e. The summed E-state index contributed by atoms with van der Waals surface area (Å²) in [5.74, 6) is 0.858. The second kappa shape index (κ2) is 5.03. The third-order valence-corrected chi connectivity index (χ3v) is 2.71. The van der Waals surface area contributed by atoms with Gasteiger partial charge in [0.1, 0.15) is 11.8 Å². The molecule has 0 fully saturated rings. The molecular formula is C12H9IN2O. The van der Waals surface area contributed by atoms with Crippen molar-refractivity contribution in [2.45, 2.75) is 6.54 Å². The topological polar surface area (TPSA) is 49.0 Å². The Bertz CT molecular complexity index is 528. The Morgan fingerprint density at radius 1 is 1.25 bits per heavy atom. The van der Waals surface area contributed by atoms with Crippen LogP contribution in [0.15, 0.2) is 40.8 Å². The molecule has 0 aliphatic carbocycles. The lowest BCUT2D eigenvalue weighted by Crippen LogP contribution is -1.99. The summed E-state index contributed by atoms with van der Waals surface area (Å²) < 4.78 is 6.28. The Balaban J connectivity index is 2.08. The normalized spacial score (nSPS) is 9.75. The molecule has 0 saturated heterocycles. The predicted octanol–water partition coefficient (Wildman–Crippen LogP) is 3.37. The molecule has 0 aliphatic heterocycles. The van der Waals surface area contributed by atoms with E-state index in [-0.39, 0.29) is 0 Å². The van der Waals surface area contributed by atoms with Gasteiger partial charge in [0.15, 0.2) is 3.77 Å². The van der Waals surface area contributed by atoms with Crippen LogP contribution in [0.3, 0.4) is 0 Å². The number of benzene rings is 1. The molecule has 0 atom stereocenters. The van der Waals surface area contributed by atoms with E-state index in [1.165, 1.54) is 0 Å². The summed E-state index contributed by atoms with van der Waals surface area (Å²) in [6.07, 6.45) is 0. The highest BCUT2D eigenvalue weighted by atomic mass is 127. The van der Waals surface area contributed by atoms with Crippen LogP contribution in [0.25, 0.3) is 0 Å². The minimum atomic E-state index is 0.585. The van der Waals surface area contributed by atoms with Gasteiger partial charge in [0.05, 0.1) is 17.8 Å². The monoisotopic (exact) mass is 324 g/mol. The first-order valence-electron chi connectivity index (χ1n) is 4.77. The van der Waals surface area contributed by atoms with E-state index in [9.17, 15) is 0 Å². The molecule has 0 aliphatic rings. The Hall–Kier alpha value is -1.48. The quantitative estimate of drug-likeness (QED) is 0.881. The van der Waals surface area contributed by atoms with Crippen LogP contribution in [0, 0.1) is 15.1 Å². The number of anilines is 1. The number of furan rings is 1. The first-order valence-corrected chi connectivity index (χ1v) is 5.84. The highest BCUT2D eigenvalue weighted by Gasteiger charge is 2.02. The Morgan fingerprint density at radius 2 is 2.06 bits per heavy atom. The molecule has 1 heterocycles. The van der Waals surface area contributed by atoms with Crippen molar-refractivity contribution < 1.29 is 4.42 Å². The van der Waals surface area contributed by atoms with Crippen LogP contribution in [-0.4, -0.2) is 0 Å². The average Bonchev–Trinajstić information content (AvgIpc) is 2.73. The Morgan fingerprint density at radius 3 is 2.75 bits per heavy atom. The van der Waals surface area contributed by atoms with Crippen molar-refractivity contribution in [3.63, 3.8) is 0 Å². The minimum absolute atomic E-state index is 0.585. The van der Waals surface area contributed by atoms with Gasteiger partial charge >= 0.3 is 0 Å². The van der Waals surface area contributed by atoms with Gasteiger partial charge in [0.2, 0.25) is 0 Å². The molecule has 2 rings (SSSR count). The molecule has 1 aromatic heterocycles. The van der Waals surface area contributed by atoms with Gasteiger partial charge in [-0.3, -0.25) is 0 Å². The van der Waals surface area contributed by atoms with Gasteiger partial charge in [0.25, 0.3) is 0 Å². The summed E-state index contributed by atoms with van der Waals surface area (Å²) in [4.78, 5) is 0. The maximum atomic E-state index is 8.91. The van der Waals surface area contributed by atoms with Crippen molar-refractivity contribution in [3.8, 4) is 6.07 Å². The number of para-hydroxylation sites is 1. The van der Waals surface area contributed by atoms with Gasteiger partial charge < -0.3 is 9.73 Å². The van der Waals surface area contributed by atoms with Gasteiger partial charge in [-0.25, -0.2) is 0 Å². The molecule has 16 heavy (non-hydrogen) atoms. The van der Waals surface area contributed by atoms with Crippen LogP contribution in [0.4, 0.5) is 5.69 Å². The summed E-state index contributed by atoms with van der Waals surface area (Å²) in [5, 5.41) is 12.1. The molecule has 80 valence electrons. The lowest BCUT2D eigenvalue weighted by molar-refractivity contribution is 0.493. The summed E-state index contributed by atoms with van der Waals surface area (Å²) in [6.45, 7) is 0.585. The third-order valence-electron chi connectivity index (χ3n) is 2.13. The number of nitrogens with zero attached hydrogens (tertiary/aromatic N) is 1. The average molecular weight is 324 g/mol. The lowest BCUT2D eigenvalue weighted by atomic mass is 10.2. The molecule has 0 radical (unpaired) electrons. The van der Waals surface area contributed by atoms with E-state index in [1.54, 1.807) is 6.07 Å². The van der Waals surface area contributed by atoms with Crippen LogP contribution < -0.4 is 5.32 Å². The highest BCUT2D eigenvalue weighted by Crippen LogP contribution is 2.16. The zero-order valence-electron chi connectivity index (χ0n) is 8.40. The maximum Gasteiger partial charge on any atom is 0.164 e. The van der Waals surface area contributed by atoms with Crippen LogP contribution in [0.5, 0.6) is 0 Å². The summed E-state index contributed by atoms with van der Waals surface area (Å²) in [7, 11) is 0. The number of hydrogen-bond donors (Lipinski definition) is 1. The van der Waals surface area contributed by atoms with Gasteiger partial charge in [-0.2, -0.15) is 5.26 Å². The predicted molar refractivity (Wildman–Crippen MR) is 69.9 cm³/mol. The molecule has 1 N–H and O–H groups in total. The Kier molecular flexibility index (Phi) is 3.47. The summed E-state index contributed by atoms with van der Waals surface area (Å²) in [5.41, 5.74) is 1.47. The van der Waals surface area contributed by atoms with Crippen molar-refractivity contribution in [1.29, 1.82) is 5.26 Å². The van der Waals surface area contributed by atoms with E-state index in [0.29, 0.717) is 12.1 Å². The molecule has 4 heteroatoms.